The molecule has 0 saturated carbocycles. The summed E-state index contributed by atoms with van der Waals surface area (Å²) in [6, 6.07) is 20.6. The van der Waals surface area contributed by atoms with Crippen LogP contribution >= 0.6 is 0 Å². The van der Waals surface area contributed by atoms with Gasteiger partial charge in [0.1, 0.15) is 17.2 Å². The lowest BCUT2D eigenvalue weighted by molar-refractivity contribution is -0.136. The van der Waals surface area contributed by atoms with E-state index in [0.717, 1.165) is 28.1 Å². The van der Waals surface area contributed by atoms with Gasteiger partial charge in [0, 0.05) is 31.1 Å². The number of carbonyl (C=O) groups excluding carboxylic acids is 1. The Hall–Kier alpha value is -4.46. The number of nitrogens with one attached hydrogen (secondary N) is 1. The Bertz CT molecular complexity index is 1340. The molecular weight excluding hydrogens is 470 g/mol. The number of hydrogen-bond acceptors (Lipinski definition) is 6. The Kier molecular flexibility index (Phi) is 8.65. The SMILES string of the molecule is Cc1oc(-c2ccccc2)nc1CCOc1ccc(CCC(=O)O)c(CCNC(=O)c2ccccn2)c1. The first-order chi connectivity index (χ1) is 18.0. The van der Waals surface area contributed by atoms with Crippen molar-refractivity contribution in [2.24, 2.45) is 0 Å². The Balaban J connectivity index is 1.37. The van der Waals surface area contributed by atoms with E-state index in [1.165, 1.54) is 0 Å². The van der Waals surface area contributed by atoms with Crippen LogP contribution in [0.2, 0.25) is 0 Å². The zero-order valence-corrected chi connectivity index (χ0v) is 20.6. The van der Waals surface area contributed by atoms with Gasteiger partial charge in [0.2, 0.25) is 5.89 Å². The number of nitrogens with zero attached hydrogens (tertiary/aromatic N) is 2. The minimum Gasteiger partial charge on any atom is -0.493 e. The Morgan fingerprint density at radius 1 is 0.973 bits per heavy atom. The number of aromatic nitrogens is 2. The zero-order valence-electron chi connectivity index (χ0n) is 20.6. The summed E-state index contributed by atoms with van der Waals surface area (Å²) >= 11 is 0. The number of pyridine rings is 1. The Morgan fingerprint density at radius 2 is 1.78 bits per heavy atom. The number of benzene rings is 2. The molecule has 37 heavy (non-hydrogen) atoms. The van der Waals surface area contributed by atoms with Crippen molar-refractivity contribution in [2.45, 2.75) is 32.6 Å². The van der Waals surface area contributed by atoms with Crippen LogP contribution in [-0.2, 0) is 24.1 Å². The molecule has 0 atom stereocenters. The third kappa shape index (κ3) is 7.27. The van der Waals surface area contributed by atoms with E-state index < -0.39 is 5.97 Å². The van der Waals surface area contributed by atoms with Gasteiger partial charge in [0.05, 0.1) is 12.3 Å². The molecule has 4 rings (SSSR count). The third-order valence-corrected chi connectivity index (χ3v) is 5.88. The molecule has 2 aromatic carbocycles. The summed E-state index contributed by atoms with van der Waals surface area (Å²) in [6.07, 6.45) is 3.12. The third-order valence-electron chi connectivity index (χ3n) is 5.88. The van der Waals surface area contributed by atoms with Gasteiger partial charge in [-0.05, 0) is 67.3 Å². The first kappa shape index (κ1) is 25.6. The fourth-order valence-electron chi connectivity index (χ4n) is 3.94. The van der Waals surface area contributed by atoms with Crippen LogP contribution in [0.25, 0.3) is 11.5 Å². The van der Waals surface area contributed by atoms with Crippen LogP contribution < -0.4 is 10.1 Å². The summed E-state index contributed by atoms with van der Waals surface area (Å²) < 4.78 is 11.8. The van der Waals surface area contributed by atoms with Crippen molar-refractivity contribution in [3.63, 3.8) is 0 Å². The summed E-state index contributed by atoms with van der Waals surface area (Å²) in [4.78, 5) is 32.1. The highest BCUT2D eigenvalue weighted by Gasteiger charge is 2.13. The van der Waals surface area contributed by atoms with Crippen molar-refractivity contribution in [3.8, 4) is 17.2 Å². The molecule has 0 spiro atoms. The van der Waals surface area contributed by atoms with Gasteiger partial charge in [0.25, 0.3) is 5.91 Å². The maximum atomic E-state index is 12.3. The molecule has 2 aromatic heterocycles. The van der Waals surface area contributed by atoms with E-state index in [-0.39, 0.29) is 12.3 Å². The van der Waals surface area contributed by atoms with E-state index in [2.05, 4.69) is 15.3 Å². The number of carboxylic acid groups (broad SMARTS) is 1. The normalized spacial score (nSPS) is 10.7. The minimum absolute atomic E-state index is 0.0304. The molecular formula is C29H29N3O5. The van der Waals surface area contributed by atoms with Crippen molar-refractivity contribution in [3.05, 3.63) is 101 Å². The highest BCUT2D eigenvalue weighted by Crippen LogP contribution is 2.23. The predicted molar refractivity (Wildman–Crippen MR) is 139 cm³/mol. The minimum atomic E-state index is -0.854. The highest BCUT2D eigenvalue weighted by molar-refractivity contribution is 5.92. The van der Waals surface area contributed by atoms with Crippen LogP contribution in [0.15, 0.2) is 77.3 Å². The van der Waals surface area contributed by atoms with Crippen LogP contribution in [0.3, 0.4) is 0 Å². The van der Waals surface area contributed by atoms with Crippen molar-refractivity contribution in [2.75, 3.05) is 13.2 Å². The average Bonchev–Trinajstić information content (AvgIpc) is 3.29. The molecule has 1 amide bonds. The van der Waals surface area contributed by atoms with Crippen molar-refractivity contribution in [1.82, 2.24) is 15.3 Å². The number of aryl methyl sites for hydroxylation is 2. The molecule has 0 bridgehead atoms. The summed E-state index contributed by atoms with van der Waals surface area (Å²) in [6.45, 7) is 2.69. The predicted octanol–water partition coefficient (Wildman–Crippen LogP) is 4.66. The first-order valence-electron chi connectivity index (χ1n) is 12.2. The Morgan fingerprint density at radius 3 is 2.54 bits per heavy atom. The number of carboxylic acids is 1. The number of carbonyl (C=O) groups is 2. The Labute approximate surface area is 215 Å². The van der Waals surface area contributed by atoms with E-state index >= 15 is 0 Å². The van der Waals surface area contributed by atoms with E-state index in [1.54, 1.807) is 24.4 Å². The number of ether oxygens (including phenoxy) is 1. The molecule has 4 aromatic rings. The molecule has 2 heterocycles. The smallest absolute Gasteiger partial charge is 0.303 e. The van der Waals surface area contributed by atoms with Gasteiger partial charge in [-0.1, -0.05) is 30.3 Å². The summed E-state index contributed by atoms with van der Waals surface area (Å²) in [7, 11) is 0. The second-order valence-electron chi connectivity index (χ2n) is 8.53. The van der Waals surface area contributed by atoms with Crippen molar-refractivity contribution < 1.29 is 23.8 Å². The van der Waals surface area contributed by atoms with Gasteiger partial charge < -0.3 is 19.6 Å². The van der Waals surface area contributed by atoms with Crippen LogP contribution in [0.1, 0.15) is 39.5 Å². The molecule has 8 nitrogen and oxygen atoms in total. The second-order valence-corrected chi connectivity index (χ2v) is 8.53. The topological polar surface area (TPSA) is 115 Å². The van der Waals surface area contributed by atoms with Gasteiger partial charge in [0.15, 0.2) is 0 Å². The number of aliphatic carboxylic acids is 1. The number of hydrogen-bond donors (Lipinski definition) is 2. The van der Waals surface area contributed by atoms with Gasteiger partial charge in [-0.25, -0.2) is 4.98 Å². The van der Waals surface area contributed by atoms with Crippen LogP contribution in [0, 0.1) is 6.92 Å². The maximum absolute atomic E-state index is 12.3. The van der Waals surface area contributed by atoms with E-state index in [0.29, 0.717) is 49.7 Å². The summed E-state index contributed by atoms with van der Waals surface area (Å²) in [5.41, 5.74) is 3.97. The number of amides is 1. The second kappa shape index (κ2) is 12.5. The first-order valence-corrected chi connectivity index (χ1v) is 12.2. The fraction of sp³-hybridized carbons (Fsp3) is 0.241. The van der Waals surface area contributed by atoms with E-state index in [1.807, 2.05) is 55.5 Å². The summed E-state index contributed by atoms with van der Waals surface area (Å²) in [5.74, 6) is 0.918. The average molecular weight is 500 g/mol. The van der Waals surface area contributed by atoms with Crippen LogP contribution in [0.4, 0.5) is 0 Å². The fourth-order valence-corrected chi connectivity index (χ4v) is 3.94. The molecule has 190 valence electrons. The standard InChI is InChI=1S/C29H29N3O5/c1-20-25(32-29(37-20)22-7-3-2-4-8-22)15-18-36-24-12-10-21(11-13-27(33)34)23(19-24)14-17-31-28(35)26-9-5-6-16-30-26/h2-10,12,16,19H,11,13-15,17-18H2,1H3,(H,31,35)(H,33,34). The quantitative estimate of drug-likeness (QED) is 0.291. The van der Waals surface area contributed by atoms with Crippen molar-refractivity contribution >= 4 is 11.9 Å². The molecule has 0 aliphatic carbocycles. The maximum Gasteiger partial charge on any atom is 0.303 e. The van der Waals surface area contributed by atoms with Crippen molar-refractivity contribution in [1.29, 1.82) is 0 Å². The van der Waals surface area contributed by atoms with Crippen LogP contribution in [0.5, 0.6) is 5.75 Å². The molecule has 0 unspecified atom stereocenters. The molecule has 8 heteroatoms. The summed E-state index contributed by atoms with van der Waals surface area (Å²) in [5, 5.41) is 12.0. The largest absolute Gasteiger partial charge is 0.493 e. The van der Waals surface area contributed by atoms with Gasteiger partial charge in [-0.2, -0.15) is 0 Å². The lowest BCUT2D eigenvalue weighted by Crippen LogP contribution is -2.26. The molecule has 0 fully saturated rings. The molecule has 0 saturated heterocycles. The zero-order chi connectivity index (χ0) is 26.0. The lowest BCUT2D eigenvalue weighted by Gasteiger charge is -2.13. The van der Waals surface area contributed by atoms with Crippen LogP contribution in [-0.4, -0.2) is 40.1 Å². The van der Waals surface area contributed by atoms with Gasteiger partial charge in [-0.3, -0.25) is 14.6 Å². The number of rotatable bonds is 12. The monoisotopic (exact) mass is 499 g/mol. The molecule has 0 radical (unpaired) electrons. The lowest BCUT2D eigenvalue weighted by atomic mass is 10.00. The van der Waals surface area contributed by atoms with Gasteiger partial charge >= 0.3 is 5.97 Å². The van der Waals surface area contributed by atoms with Gasteiger partial charge in [-0.15, -0.1) is 0 Å². The molecule has 0 aliphatic rings. The molecule has 2 N–H and O–H groups in total. The number of oxazole rings is 1. The van der Waals surface area contributed by atoms with E-state index in [9.17, 15) is 9.59 Å². The molecule has 0 aliphatic heterocycles. The van der Waals surface area contributed by atoms with E-state index in [4.69, 9.17) is 14.3 Å². The highest BCUT2D eigenvalue weighted by atomic mass is 16.5.